The van der Waals surface area contributed by atoms with Crippen LogP contribution in [0.2, 0.25) is 0 Å². The zero-order valence-electron chi connectivity index (χ0n) is 11.4. The zero-order chi connectivity index (χ0) is 13.9. The number of aliphatic hydroxyl groups excluding tert-OH is 1. The largest absolute Gasteiger partial charge is 0.394 e. The number of aromatic nitrogens is 1. The summed E-state index contributed by atoms with van der Waals surface area (Å²) in [5.74, 6) is 0.815. The van der Waals surface area contributed by atoms with E-state index in [9.17, 15) is 5.11 Å². The topological polar surface area (TPSA) is 58.7 Å². The molecular weight excluding hydrogens is 276 g/mol. The third-order valence-corrected chi connectivity index (χ3v) is 4.20. The van der Waals surface area contributed by atoms with Gasteiger partial charge in [0.2, 0.25) is 0 Å². The summed E-state index contributed by atoms with van der Waals surface area (Å²) >= 11 is 1.64. The average Bonchev–Trinajstić information content (AvgIpc) is 3.08. The van der Waals surface area contributed by atoms with Gasteiger partial charge < -0.3 is 14.4 Å². The lowest BCUT2D eigenvalue weighted by atomic mass is 10.2. The summed E-state index contributed by atoms with van der Waals surface area (Å²) in [6.07, 6.45) is 0.0204. The molecule has 2 atom stereocenters. The molecule has 5 nitrogen and oxygen atoms in total. The van der Waals surface area contributed by atoms with Crippen LogP contribution in [0.15, 0.2) is 28.1 Å². The zero-order valence-corrected chi connectivity index (χ0v) is 12.2. The molecule has 1 fully saturated rings. The Morgan fingerprint density at radius 2 is 2.40 bits per heavy atom. The molecule has 1 saturated heterocycles. The molecule has 1 aliphatic heterocycles. The SMILES string of the molecule is CC1CN(Cc2cc(-c3cccs3)on2)CC(CO)O1. The fourth-order valence-corrected chi connectivity index (χ4v) is 3.19. The van der Waals surface area contributed by atoms with Gasteiger partial charge in [0.05, 0.1) is 29.4 Å². The Morgan fingerprint density at radius 1 is 1.50 bits per heavy atom. The molecule has 0 radical (unpaired) electrons. The van der Waals surface area contributed by atoms with Crippen molar-refractivity contribution in [3.63, 3.8) is 0 Å². The van der Waals surface area contributed by atoms with E-state index in [-0.39, 0.29) is 18.8 Å². The van der Waals surface area contributed by atoms with Gasteiger partial charge in [-0.25, -0.2) is 0 Å². The smallest absolute Gasteiger partial charge is 0.177 e. The molecule has 2 aromatic rings. The molecule has 0 amide bonds. The summed E-state index contributed by atoms with van der Waals surface area (Å²) in [6.45, 7) is 4.37. The maximum atomic E-state index is 9.24. The van der Waals surface area contributed by atoms with Gasteiger partial charge in [-0.05, 0) is 18.4 Å². The second-order valence-corrected chi connectivity index (χ2v) is 6.05. The minimum atomic E-state index is -0.109. The maximum absolute atomic E-state index is 9.24. The molecule has 1 N–H and O–H groups in total. The first-order valence-electron chi connectivity index (χ1n) is 6.72. The highest BCUT2D eigenvalue weighted by atomic mass is 32.1. The average molecular weight is 294 g/mol. The van der Waals surface area contributed by atoms with Crippen LogP contribution in [0.5, 0.6) is 0 Å². The highest BCUT2D eigenvalue weighted by molar-refractivity contribution is 7.13. The van der Waals surface area contributed by atoms with E-state index in [4.69, 9.17) is 9.26 Å². The number of ether oxygens (including phenoxy) is 1. The molecule has 0 saturated carbocycles. The van der Waals surface area contributed by atoms with Crippen LogP contribution in [0.1, 0.15) is 12.6 Å². The molecule has 2 unspecified atom stereocenters. The molecule has 108 valence electrons. The fraction of sp³-hybridized carbons (Fsp3) is 0.500. The summed E-state index contributed by atoms with van der Waals surface area (Å²) < 4.78 is 11.0. The van der Waals surface area contributed by atoms with Crippen LogP contribution in [0.25, 0.3) is 10.6 Å². The van der Waals surface area contributed by atoms with Gasteiger partial charge in [-0.3, -0.25) is 4.90 Å². The molecule has 0 spiro atoms. The van der Waals surface area contributed by atoms with Crippen molar-refractivity contribution >= 4 is 11.3 Å². The van der Waals surface area contributed by atoms with Crippen LogP contribution in [-0.4, -0.2) is 47.1 Å². The first kappa shape index (κ1) is 13.8. The van der Waals surface area contributed by atoms with Crippen molar-refractivity contribution in [2.24, 2.45) is 0 Å². The number of morpholine rings is 1. The van der Waals surface area contributed by atoms with E-state index in [1.807, 2.05) is 30.5 Å². The normalized spacial score (nSPS) is 24.1. The Bertz CT molecular complexity index is 540. The van der Waals surface area contributed by atoms with Crippen molar-refractivity contribution in [1.82, 2.24) is 10.1 Å². The van der Waals surface area contributed by atoms with Crippen molar-refractivity contribution in [3.8, 4) is 10.6 Å². The van der Waals surface area contributed by atoms with Gasteiger partial charge in [0, 0.05) is 25.7 Å². The molecule has 3 heterocycles. The number of hydrogen-bond donors (Lipinski definition) is 1. The van der Waals surface area contributed by atoms with Crippen LogP contribution < -0.4 is 0 Å². The minimum absolute atomic E-state index is 0.0557. The minimum Gasteiger partial charge on any atom is -0.394 e. The van der Waals surface area contributed by atoms with Crippen LogP contribution >= 0.6 is 11.3 Å². The molecule has 1 aliphatic rings. The van der Waals surface area contributed by atoms with Crippen molar-refractivity contribution in [1.29, 1.82) is 0 Å². The van der Waals surface area contributed by atoms with E-state index in [2.05, 4.69) is 10.1 Å². The van der Waals surface area contributed by atoms with E-state index >= 15 is 0 Å². The van der Waals surface area contributed by atoms with Crippen molar-refractivity contribution in [2.75, 3.05) is 19.7 Å². The number of aliphatic hydroxyl groups is 1. The lowest BCUT2D eigenvalue weighted by molar-refractivity contribution is -0.0976. The highest BCUT2D eigenvalue weighted by Gasteiger charge is 2.25. The Kier molecular flexibility index (Phi) is 4.16. The molecule has 2 aromatic heterocycles. The van der Waals surface area contributed by atoms with Crippen LogP contribution in [-0.2, 0) is 11.3 Å². The Balaban J connectivity index is 1.66. The summed E-state index contributed by atoms with van der Waals surface area (Å²) in [5.41, 5.74) is 0.916. The van der Waals surface area contributed by atoms with Crippen LogP contribution in [0, 0.1) is 0 Å². The monoisotopic (exact) mass is 294 g/mol. The summed E-state index contributed by atoms with van der Waals surface area (Å²) in [5, 5.41) is 15.4. The van der Waals surface area contributed by atoms with Gasteiger partial charge in [-0.1, -0.05) is 11.2 Å². The lowest BCUT2D eigenvalue weighted by Gasteiger charge is -2.35. The number of hydrogen-bond acceptors (Lipinski definition) is 6. The summed E-state index contributed by atoms with van der Waals surface area (Å²) in [7, 11) is 0. The van der Waals surface area contributed by atoms with Crippen molar-refractivity contribution in [2.45, 2.75) is 25.7 Å². The van der Waals surface area contributed by atoms with E-state index in [0.717, 1.165) is 36.0 Å². The van der Waals surface area contributed by atoms with Crippen molar-refractivity contribution in [3.05, 3.63) is 29.3 Å². The maximum Gasteiger partial charge on any atom is 0.177 e. The molecule has 20 heavy (non-hydrogen) atoms. The number of thiophene rings is 1. The van der Waals surface area contributed by atoms with Gasteiger partial charge in [0.25, 0.3) is 0 Å². The molecule has 0 aromatic carbocycles. The third-order valence-electron chi connectivity index (χ3n) is 3.31. The van der Waals surface area contributed by atoms with Gasteiger partial charge in [0.15, 0.2) is 5.76 Å². The lowest BCUT2D eigenvalue weighted by Crippen LogP contribution is -2.47. The standard InChI is InChI=1S/C14H18N2O3S/c1-10-6-16(8-12(9-17)18-10)7-11-5-13(19-15-11)14-3-2-4-20-14/h2-5,10,12,17H,6-9H2,1H3. The third kappa shape index (κ3) is 3.09. The van der Waals surface area contributed by atoms with E-state index in [1.54, 1.807) is 11.3 Å². The predicted molar refractivity (Wildman–Crippen MR) is 76.5 cm³/mol. The fourth-order valence-electron chi connectivity index (χ4n) is 2.52. The summed E-state index contributed by atoms with van der Waals surface area (Å²) in [4.78, 5) is 3.33. The van der Waals surface area contributed by atoms with Crippen molar-refractivity contribution < 1.29 is 14.4 Å². The predicted octanol–water partition coefficient (Wildman–Crippen LogP) is 1.98. The quantitative estimate of drug-likeness (QED) is 0.934. The Morgan fingerprint density at radius 3 is 3.15 bits per heavy atom. The van der Waals surface area contributed by atoms with Gasteiger partial charge >= 0.3 is 0 Å². The number of nitrogens with zero attached hydrogens (tertiary/aromatic N) is 2. The first-order valence-corrected chi connectivity index (χ1v) is 7.60. The van der Waals surface area contributed by atoms with Gasteiger partial charge in [-0.15, -0.1) is 11.3 Å². The Hall–Kier alpha value is -1.21. The highest BCUT2D eigenvalue weighted by Crippen LogP contribution is 2.25. The second kappa shape index (κ2) is 6.05. The number of rotatable bonds is 4. The molecule has 0 aliphatic carbocycles. The van der Waals surface area contributed by atoms with Gasteiger partial charge in [0.1, 0.15) is 0 Å². The molecular formula is C14H18N2O3S. The summed E-state index contributed by atoms with van der Waals surface area (Å²) in [6, 6.07) is 6.01. The molecule has 0 bridgehead atoms. The second-order valence-electron chi connectivity index (χ2n) is 5.11. The van der Waals surface area contributed by atoms with Crippen LogP contribution in [0.3, 0.4) is 0 Å². The van der Waals surface area contributed by atoms with Gasteiger partial charge in [-0.2, -0.15) is 0 Å². The Labute approximate surface area is 121 Å². The van der Waals surface area contributed by atoms with Crippen LogP contribution in [0.4, 0.5) is 0 Å². The van der Waals surface area contributed by atoms with E-state index in [0.29, 0.717) is 0 Å². The van der Waals surface area contributed by atoms with E-state index < -0.39 is 0 Å². The van der Waals surface area contributed by atoms with E-state index in [1.165, 1.54) is 0 Å². The molecule has 3 rings (SSSR count). The molecule has 6 heteroatoms. The first-order chi connectivity index (χ1) is 9.74.